The minimum Gasteiger partial charge on any atom is -0.378 e. The zero-order chi connectivity index (χ0) is 13.8. The zero-order valence-electron chi connectivity index (χ0n) is 11.7. The van der Waals surface area contributed by atoms with E-state index in [4.69, 9.17) is 4.74 Å². The third-order valence-corrected chi connectivity index (χ3v) is 4.38. The fourth-order valence-corrected chi connectivity index (χ4v) is 3.19. The summed E-state index contributed by atoms with van der Waals surface area (Å²) in [6, 6.07) is 3.96. The molecule has 3 heterocycles. The van der Waals surface area contributed by atoms with E-state index in [0.717, 1.165) is 31.5 Å². The standard InChI is InChI=1S/C15H21N3O2/c19-14(18-8-10-20-11-9-18)15(3-6-16-7-4-15)13-2-1-5-17-12-13/h1-2,5,12,16H,3-4,6-11H2. The summed E-state index contributed by atoms with van der Waals surface area (Å²) in [5.41, 5.74) is 0.648. The van der Waals surface area contributed by atoms with Crippen molar-refractivity contribution in [3.05, 3.63) is 30.1 Å². The lowest BCUT2D eigenvalue weighted by molar-refractivity contribution is -0.142. The molecule has 1 N–H and O–H groups in total. The summed E-state index contributed by atoms with van der Waals surface area (Å²) < 4.78 is 5.36. The molecule has 0 unspecified atom stereocenters. The minimum atomic E-state index is -0.406. The summed E-state index contributed by atoms with van der Waals surface area (Å²) in [6.45, 7) is 4.46. The first-order valence-corrected chi connectivity index (χ1v) is 7.31. The van der Waals surface area contributed by atoms with Gasteiger partial charge in [0, 0.05) is 25.5 Å². The zero-order valence-corrected chi connectivity index (χ0v) is 11.7. The molecular formula is C15H21N3O2. The number of rotatable bonds is 2. The van der Waals surface area contributed by atoms with E-state index in [0.29, 0.717) is 26.3 Å². The van der Waals surface area contributed by atoms with Crippen molar-refractivity contribution in [2.45, 2.75) is 18.3 Å². The molecule has 1 aromatic rings. The minimum absolute atomic E-state index is 0.246. The molecule has 2 aliphatic rings. The molecule has 2 aliphatic heterocycles. The highest BCUT2D eigenvalue weighted by molar-refractivity contribution is 5.88. The van der Waals surface area contributed by atoms with Crippen LogP contribution in [-0.2, 0) is 14.9 Å². The van der Waals surface area contributed by atoms with E-state index in [9.17, 15) is 4.79 Å². The number of piperidine rings is 1. The molecule has 5 heteroatoms. The van der Waals surface area contributed by atoms with Crippen molar-refractivity contribution in [2.24, 2.45) is 0 Å². The van der Waals surface area contributed by atoms with Gasteiger partial charge < -0.3 is 15.0 Å². The third kappa shape index (κ3) is 2.43. The number of carbonyl (C=O) groups is 1. The van der Waals surface area contributed by atoms with Gasteiger partial charge in [-0.25, -0.2) is 0 Å². The molecule has 0 saturated carbocycles. The molecule has 1 amide bonds. The van der Waals surface area contributed by atoms with Gasteiger partial charge >= 0.3 is 0 Å². The van der Waals surface area contributed by atoms with Crippen LogP contribution in [0.2, 0.25) is 0 Å². The average Bonchev–Trinajstić information content (AvgIpc) is 2.56. The van der Waals surface area contributed by atoms with Crippen molar-refractivity contribution in [1.29, 1.82) is 0 Å². The van der Waals surface area contributed by atoms with Gasteiger partial charge in [-0.1, -0.05) is 6.07 Å². The van der Waals surface area contributed by atoms with Crippen LogP contribution in [0.25, 0.3) is 0 Å². The van der Waals surface area contributed by atoms with E-state index in [1.165, 1.54) is 0 Å². The Bertz CT molecular complexity index is 451. The van der Waals surface area contributed by atoms with E-state index in [1.807, 2.05) is 23.2 Å². The Morgan fingerprint density at radius 1 is 1.30 bits per heavy atom. The number of hydrogen-bond donors (Lipinski definition) is 1. The van der Waals surface area contributed by atoms with Crippen LogP contribution in [0.1, 0.15) is 18.4 Å². The van der Waals surface area contributed by atoms with Gasteiger partial charge in [0.05, 0.1) is 18.6 Å². The summed E-state index contributed by atoms with van der Waals surface area (Å²) in [6.07, 6.45) is 5.30. The Balaban J connectivity index is 1.91. The van der Waals surface area contributed by atoms with Gasteiger partial charge in [0.25, 0.3) is 0 Å². The highest BCUT2D eigenvalue weighted by Gasteiger charge is 2.43. The van der Waals surface area contributed by atoms with Gasteiger partial charge in [0.15, 0.2) is 0 Å². The largest absolute Gasteiger partial charge is 0.378 e. The molecule has 5 nitrogen and oxygen atoms in total. The molecule has 0 aliphatic carbocycles. The van der Waals surface area contributed by atoms with Crippen molar-refractivity contribution in [2.75, 3.05) is 39.4 Å². The van der Waals surface area contributed by atoms with Crippen LogP contribution in [-0.4, -0.2) is 55.2 Å². The number of nitrogens with zero attached hydrogens (tertiary/aromatic N) is 2. The predicted molar refractivity (Wildman–Crippen MR) is 75.4 cm³/mol. The van der Waals surface area contributed by atoms with Crippen LogP contribution in [0.3, 0.4) is 0 Å². The fraction of sp³-hybridized carbons (Fsp3) is 0.600. The van der Waals surface area contributed by atoms with Crippen LogP contribution in [0.15, 0.2) is 24.5 Å². The summed E-state index contributed by atoms with van der Waals surface area (Å²) in [5, 5.41) is 3.35. The quantitative estimate of drug-likeness (QED) is 0.857. The van der Waals surface area contributed by atoms with E-state index in [-0.39, 0.29) is 5.91 Å². The summed E-state index contributed by atoms with van der Waals surface area (Å²) in [4.78, 5) is 19.3. The second kappa shape index (κ2) is 5.89. The molecule has 0 bridgehead atoms. The number of ether oxygens (including phenoxy) is 1. The van der Waals surface area contributed by atoms with E-state index < -0.39 is 5.41 Å². The van der Waals surface area contributed by atoms with Gasteiger partial charge in [-0.2, -0.15) is 0 Å². The summed E-state index contributed by atoms with van der Waals surface area (Å²) >= 11 is 0. The van der Waals surface area contributed by atoms with Crippen LogP contribution >= 0.6 is 0 Å². The first kappa shape index (κ1) is 13.5. The maximum Gasteiger partial charge on any atom is 0.233 e. The van der Waals surface area contributed by atoms with Crippen molar-refractivity contribution in [1.82, 2.24) is 15.2 Å². The molecule has 0 atom stereocenters. The fourth-order valence-electron chi connectivity index (χ4n) is 3.19. The molecule has 108 valence electrons. The van der Waals surface area contributed by atoms with Crippen molar-refractivity contribution in [3.63, 3.8) is 0 Å². The smallest absolute Gasteiger partial charge is 0.233 e. The van der Waals surface area contributed by atoms with Crippen LogP contribution in [0.4, 0.5) is 0 Å². The SMILES string of the molecule is O=C(N1CCOCC1)C1(c2cccnc2)CCNCC1. The number of aromatic nitrogens is 1. The molecule has 3 rings (SSSR count). The molecule has 0 spiro atoms. The van der Waals surface area contributed by atoms with Gasteiger partial charge in [0.2, 0.25) is 5.91 Å². The van der Waals surface area contributed by atoms with Gasteiger partial charge in [-0.05, 0) is 37.6 Å². The van der Waals surface area contributed by atoms with Gasteiger partial charge in [0.1, 0.15) is 0 Å². The number of nitrogens with one attached hydrogen (secondary N) is 1. The molecule has 20 heavy (non-hydrogen) atoms. The van der Waals surface area contributed by atoms with E-state index in [2.05, 4.69) is 10.3 Å². The lowest BCUT2D eigenvalue weighted by Gasteiger charge is -2.41. The van der Waals surface area contributed by atoms with E-state index in [1.54, 1.807) is 6.20 Å². The topological polar surface area (TPSA) is 54.5 Å². The van der Waals surface area contributed by atoms with Crippen molar-refractivity contribution < 1.29 is 9.53 Å². The van der Waals surface area contributed by atoms with Crippen LogP contribution < -0.4 is 5.32 Å². The molecule has 2 fully saturated rings. The molecule has 1 aromatic heterocycles. The molecular weight excluding hydrogens is 254 g/mol. The summed E-state index contributed by atoms with van der Waals surface area (Å²) in [7, 11) is 0. The van der Waals surface area contributed by atoms with Gasteiger partial charge in [-0.15, -0.1) is 0 Å². The Labute approximate surface area is 119 Å². The Kier molecular flexibility index (Phi) is 3.98. The highest BCUT2D eigenvalue weighted by Crippen LogP contribution is 2.35. The third-order valence-electron chi connectivity index (χ3n) is 4.38. The molecule has 2 saturated heterocycles. The Morgan fingerprint density at radius 3 is 2.70 bits per heavy atom. The molecule has 0 aromatic carbocycles. The van der Waals surface area contributed by atoms with Crippen molar-refractivity contribution >= 4 is 5.91 Å². The molecule has 0 radical (unpaired) electrons. The maximum atomic E-state index is 13.1. The number of amides is 1. The lowest BCUT2D eigenvalue weighted by atomic mass is 9.72. The maximum absolute atomic E-state index is 13.1. The summed E-state index contributed by atoms with van der Waals surface area (Å²) in [5.74, 6) is 0.246. The Hall–Kier alpha value is -1.46. The normalized spacial score (nSPS) is 22.5. The Morgan fingerprint density at radius 2 is 2.05 bits per heavy atom. The number of pyridine rings is 1. The highest BCUT2D eigenvalue weighted by atomic mass is 16.5. The number of carbonyl (C=O) groups excluding carboxylic acids is 1. The van der Waals surface area contributed by atoms with Crippen LogP contribution in [0, 0.1) is 0 Å². The second-order valence-electron chi connectivity index (χ2n) is 5.48. The van der Waals surface area contributed by atoms with E-state index >= 15 is 0 Å². The predicted octanol–water partition coefficient (Wildman–Crippen LogP) is 0.562. The van der Waals surface area contributed by atoms with Crippen molar-refractivity contribution in [3.8, 4) is 0 Å². The average molecular weight is 275 g/mol. The monoisotopic (exact) mass is 275 g/mol. The first-order valence-electron chi connectivity index (χ1n) is 7.31. The lowest BCUT2D eigenvalue weighted by Crippen LogP contribution is -2.54. The number of morpholine rings is 1. The first-order chi connectivity index (χ1) is 9.83. The van der Waals surface area contributed by atoms with Gasteiger partial charge in [-0.3, -0.25) is 9.78 Å². The number of hydrogen-bond acceptors (Lipinski definition) is 4. The second-order valence-corrected chi connectivity index (χ2v) is 5.48. The van der Waals surface area contributed by atoms with Crippen LogP contribution in [0.5, 0.6) is 0 Å².